The maximum absolute atomic E-state index is 8.14. The molecule has 1 aromatic heterocycles. The lowest BCUT2D eigenvalue weighted by atomic mass is 10.3. The summed E-state index contributed by atoms with van der Waals surface area (Å²) in [5, 5.41) is 14.0. The zero-order valence-electron chi connectivity index (χ0n) is 9.99. The highest BCUT2D eigenvalue weighted by atomic mass is 35.5. The topological polar surface area (TPSA) is 83.0 Å². The Morgan fingerprint density at radius 2 is 2.39 bits per heavy atom. The van der Waals surface area contributed by atoms with Crippen LogP contribution in [-0.2, 0) is 7.05 Å². The molecule has 8 heteroatoms. The number of imidazole rings is 1. The molecular formula is C10H13ClN6S. The lowest BCUT2D eigenvalue weighted by molar-refractivity contribution is 0.644. The Morgan fingerprint density at radius 1 is 1.67 bits per heavy atom. The van der Waals surface area contributed by atoms with Gasteiger partial charge in [0.1, 0.15) is 5.69 Å². The Morgan fingerprint density at radius 3 is 3.06 bits per heavy atom. The standard InChI is InChI=1S/C10H13ClN6S/c1-3-4-5-18-17-7(12)6-8(14-9(17)11)15-10(13)16(6)2/h9,12,14H,3H2,1-2H3,(H2,13,15). The Labute approximate surface area is 115 Å². The van der Waals surface area contributed by atoms with Crippen LogP contribution in [0.1, 0.15) is 19.0 Å². The minimum absolute atomic E-state index is 0.242. The number of nitrogen functional groups attached to an aromatic ring is 1. The van der Waals surface area contributed by atoms with E-state index < -0.39 is 5.62 Å². The molecule has 1 unspecified atom stereocenters. The fourth-order valence-electron chi connectivity index (χ4n) is 1.52. The van der Waals surface area contributed by atoms with Crippen molar-refractivity contribution in [1.82, 2.24) is 13.9 Å². The number of nitrogens with zero attached hydrogens (tertiary/aromatic N) is 3. The molecule has 6 nitrogen and oxygen atoms in total. The number of aromatic nitrogens is 2. The summed E-state index contributed by atoms with van der Waals surface area (Å²) in [6.45, 7) is 1.96. The van der Waals surface area contributed by atoms with E-state index in [1.54, 1.807) is 15.9 Å². The van der Waals surface area contributed by atoms with Crippen LogP contribution in [0.2, 0.25) is 0 Å². The summed E-state index contributed by atoms with van der Waals surface area (Å²) in [4.78, 5) is 4.11. The summed E-state index contributed by atoms with van der Waals surface area (Å²) in [6, 6.07) is 0. The average Bonchev–Trinajstić information content (AvgIpc) is 2.59. The summed E-state index contributed by atoms with van der Waals surface area (Å²) in [7, 11) is 1.76. The molecule has 0 spiro atoms. The van der Waals surface area contributed by atoms with Gasteiger partial charge in [-0.05, 0) is 5.25 Å². The SMILES string of the molecule is CCC#CSN1C(=N)c2c(nc(N)n2C)NC1Cl. The normalized spacial score (nSPS) is 17.8. The van der Waals surface area contributed by atoms with Gasteiger partial charge in [-0.3, -0.25) is 9.71 Å². The van der Waals surface area contributed by atoms with Crippen LogP contribution >= 0.6 is 23.5 Å². The minimum Gasteiger partial charge on any atom is -0.369 e. The van der Waals surface area contributed by atoms with Crippen LogP contribution in [0, 0.1) is 16.6 Å². The third-order valence-electron chi connectivity index (χ3n) is 2.43. The molecule has 2 heterocycles. The highest BCUT2D eigenvalue weighted by Crippen LogP contribution is 2.31. The Bertz CT molecular complexity index is 543. The first kappa shape index (κ1) is 12.9. The van der Waals surface area contributed by atoms with Crippen LogP contribution in [0.25, 0.3) is 0 Å². The van der Waals surface area contributed by atoms with Gasteiger partial charge in [0.2, 0.25) is 5.95 Å². The van der Waals surface area contributed by atoms with Crippen molar-refractivity contribution in [3.05, 3.63) is 5.69 Å². The number of alkyl halides is 1. The molecule has 0 amide bonds. The van der Waals surface area contributed by atoms with Crippen LogP contribution in [0.15, 0.2) is 0 Å². The lowest BCUT2D eigenvalue weighted by Crippen LogP contribution is -2.41. The number of halogens is 1. The molecule has 0 saturated carbocycles. The van der Waals surface area contributed by atoms with Crippen LogP contribution < -0.4 is 11.1 Å². The van der Waals surface area contributed by atoms with Crippen molar-refractivity contribution in [1.29, 1.82) is 5.41 Å². The van der Waals surface area contributed by atoms with Crippen molar-refractivity contribution in [2.45, 2.75) is 19.0 Å². The van der Waals surface area contributed by atoms with Gasteiger partial charge in [0.05, 0.1) is 0 Å². The smallest absolute Gasteiger partial charge is 0.202 e. The fourth-order valence-corrected chi connectivity index (χ4v) is 2.47. The third-order valence-corrected chi connectivity index (χ3v) is 3.67. The maximum Gasteiger partial charge on any atom is 0.202 e. The Hall–Kier alpha value is -1.52. The van der Waals surface area contributed by atoms with Crippen LogP contribution in [0.4, 0.5) is 11.8 Å². The molecule has 96 valence electrons. The van der Waals surface area contributed by atoms with Crippen molar-refractivity contribution in [3.8, 4) is 11.2 Å². The number of fused-ring (bicyclic) bond motifs is 1. The average molecular weight is 285 g/mol. The summed E-state index contributed by atoms with van der Waals surface area (Å²) in [5.41, 5.74) is 5.75. The van der Waals surface area contributed by atoms with E-state index in [2.05, 4.69) is 21.5 Å². The number of nitrogens with one attached hydrogen (secondary N) is 2. The largest absolute Gasteiger partial charge is 0.369 e. The van der Waals surface area contributed by atoms with Gasteiger partial charge < -0.3 is 15.6 Å². The quantitative estimate of drug-likeness (QED) is 0.316. The maximum atomic E-state index is 8.14. The van der Waals surface area contributed by atoms with Gasteiger partial charge in [0, 0.05) is 25.4 Å². The van der Waals surface area contributed by atoms with Crippen LogP contribution in [-0.4, -0.2) is 25.3 Å². The van der Waals surface area contributed by atoms with Gasteiger partial charge in [-0.15, -0.1) is 0 Å². The van der Waals surface area contributed by atoms with Gasteiger partial charge in [-0.1, -0.05) is 24.4 Å². The molecule has 1 aliphatic heterocycles. The molecule has 0 bridgehead atoms. The summed E-state index contributed by atoms with van der Waals surface area (Å²) in [6.07, 6.45) is 0.762. The molecule has 0 aliphatic carbocycles. The van der Waals surface area contributed by atoms with Crippen molar-refractivity contribution < 1.29 is 0 Å². The van der Waals surface area contributed by atoms with Crippen molar-refractivity contribution in [2.75, 3.05) is 11.1 Å². The monoisotopic (exact) mass is 284 g/mol. The van der Waals surface area contributed by atoms with E-state index in [-0.39, 0.29) is 5.84 Å². The zero-order chi connectivity index (χ0) is 13.3. The van der Waals surface area contributed by atoms with Crippen molar-refractivity contribution >= 4 is 41.2 Å². The highest BCUT2D eigenvalue weighted by Gasteiger charge is 2.32. The van der Waals surface area contributed by atoms with Gasteiger partial charge in [-0.2, -0.15) is 4.98 Å². The second kappa shape index (κ2) is 5.00. The first-order valence-corrected chi connectivity index (χ1v) is 6.53. The molecule has 0 saturated heterocycles. The molecule has 1 aromatic rings. The van der Waals surface area contributed by atoms with E-state index in [4.69, 9.17) is 22.7 Å². The number of amidine groups is 1. The van der Waals surface area contributed by atoms with Crippen LogP contribution in [0.3, 0.4) is 0 Å². The first-order chi connectivity index (χ1) is 8.56. The fraction of sp³-hybridized carbons (Fsp3) is 0.400. The molecule has 2 rings (SSSR count). The van der Waals surface area contributed by atoms with Crippen molar-refractivity contribution in [3.63, 3.8) is 0 Å². The molecule has 4 N–H and O–H groups in total. The van der Waals surface area contributed by atoms with E-state index in [9.17, 15) is 0 Å². The molecule has 0 aromatic carbocycles. The molecule has 1 aliphatic rings. The number of hydrogen-bond acceptors (Lipinski definition) is 5. The lowest BCUT2D eigenvalue weighted by Gasteiger charge is -2.31. The van der Waals surface area contributed by atoms with Gasteiger partial charge in [0.25, 0.3) is 0 Å². The molecule has 1 atom stereocenters. The predicted molar refractivity (Wildman–Crippen MR) is 75.2 cm³/mol. The van der Waals surface area contributed by atoms with E-state index >= 15 is 0 Å². The molecule has 18 heavy (non-hydrogen) atoms. The van der Waals surface area contributed by atoms with Crippen LogP contribution in [0.5, 0.6) is 0 Å². The highest BCUT2D eigenvalue weighted by molar-refractivity contribution is 8.02. The second-order valence-corrected chi connectivity index (χ2v) is 4.80. The minimum atomic E-state index is -0.574. The zero-order valence-corrected chi connectivity index (χ0v) is 11.6. The van der Waals surface area contributed by atoms with Gasteiger partial charge in [0.15, 0.2) is 17.3 Å². The van der Waals surface area contributed by atoms with E-state index in [1.165, 1.54) is 11.9 Å². The van der Waals surface area contributed by atoms with E-state index in [0.29, 0.717) is 17.5 Å². The molecule has 0 fully saturated rings. The third kappa shape index (κ3) is 2.09. The Balaban J connectivity index is 2.32. The second-order valence-electron chi connectivity index (χ2n) is 3.60. The number of hydrogen-bond donors (Lipinski definition) is 3. The first-order valence-electron chi connectivity index (χ1n) is 5.32. The molecular weight excluding hydrogens is 272 g/mol. The Kier molecular flexibility index (Phi) is 3.59. The van der Waals surface area contributed by atoms with E-state index in [0.717, 1.165) is 6.42 Å². The summed E-state index contributed by atoms with van der Waals surface area (Å²) >= 11 is 7.33. The number of nitrogens with two attached hydrogens (primary N) is 1. The summed E-state index contributed by atoms with van der Waals surface area (Å²) < 4.78 is 3.22. The molecule has 0 radical (unpaired) electrons. The summed E-state index contributed by atoms with van der Waals surface area (Å²) in [5.74, 6) is 4.03. The van der Waals surface area contributed by atoms with E-state index in [1.807, 2.05) is 6.92 Å². The van der Waals surface area contributed by atoms with Crippen molar-refractivity contribution in [2.24, 2.45) is 7.05 Å². The van der Waals surface area contributed by atoms with Gasteiger partial charge in [-0.25, -0.2) is 0 Å². The number of anilines is 2. The predicted octanol–water partition coefficient (Wildman–Crippen LogP) is 1.60. The number of rotatable bonds is 1. The van der Waals surface area contributed by atoms with Gasteiger partial charge >= 0.3 is 0 Å².